The molecule has 0 fully saturated rings. The summed E-state index contributed by atoms with van der Waals surface area (Å²) in [7, 11) is 1.54. The molecule has 0 spiro atoms. The van der Waals surface area contributed by atoms with Gasteiger partial charge in [0.15, 0.2) is 11.5 Å². The number of allylic oxidation sites excluding steroid dienone is 1. The van der Waals surface area contributed by atoms with E-state index in [9.17, 15) is 5.26 Å². The van der Waals surface area contributed by atoms with Crippen molar-refractivity contribution in [2.24, 2.45) is 0 Å². The molecule has 0 aliphatic heterocycles. The highest BCUT2D eigenvalue weighted by molar-refractivity contribution is 9.10. The normalized spacial score (nSPS) is 10.6. The first-order valence-electron chi connectivity index (χ1n) is 6.91. The molecule has 0 N–H and O–H groups in total. The summed E-state index contributed by atoms with van der Waals surface area (Å²) >= 11 is 9.65. The van der Waals surface area contributed by atoms with E-state index in [-0.39, 0.29) is 6.61 Å². The molecule has 0 aliphatic rings. The Kier molecular flexibility index (Phi) is 6.32. The van der Waals surface area contributed by atoms with E-state index in [0.29, 0.717) is 27.7 Å². The Hall–Kier alpha value is -2.40. The van der Waals surface area contributed by atoms with Crippen molar-refractivity contribution in [3.05, 3.63) is 57.0 Å². The second-order valence-corrected chi connectivity index (χ2v) is 5.93. The molecular weight excluding hydrogens is 390 g/mol. The van der Waals surface area contributed by atoms with Crippen LogP contribution in [0.15, 0.2) is 40.9 Å². The summed E-state index contributed by atoms with van der Waals surface area (Å²) in [5, 5.41) is 10.00. The molecule has 2 rings (SSSR count). The highest BCUT2D eigenvalue weighted by Gasteiger charge is 2.11. The maximum Gasteiger partial charge on any atom is 0.163 e. The monoisotopic (exact) mass is 401 g/mol. The molecule has 0 radical (unpaired) electrons. The molecule has 5 heteroatoms. The van der Waals surface area contributed by atoms with Crippen molar-refractivity contribution in [1.82, 2.24) is 0 Å². The number of methoxy groups -OCH3 is 1. The molecule has 120 valence electrons. The zero-order chi connectivity index (χ0) is 17.5. The van der Waals surface area contributed by atoms with Crippen LogP contribution in [-0.2, 0) is 0 Å². The molecule has 3 nitrogen and oxygen atoms in total. The zero-order valence-corrected chi connectivity index (χ0v) is 15.2. The second kappa shape index (κ2) is 8.45. The maximum absolute atomic E-state index is 9.48. The van der Waals surface area contributed by atoms with Crippen LogP contribution in [-0.4, -0.2) is 13.7 Å². The Bertz CT molecular complexity index is 863. The topological polar surface area (TPSA) is 42.2 Å². The first-order valence-corrected chi connectivity index (χ1v) is 8.08. The number of benzene rings is 2. The van der Waals surface area contributed by atoms with Crippen LogP contribution in [0, 0.1) is 23.7 Å². The molecule has 0 unspecified atom stereocenters. The predicted molar refractivity (Wildman–Crippen MR) is 100.0 cm³/mol. The summed E-state index contributed by atoms with van der Waals surface area (Å²) in [6.45, 7) is 0.140. The Morgan fingerprint density at radius 1 is 1.33 bits per heavy atom. The Labute approximate surface area is 154 Å². The van der Waals surface area contributed by atoms with Crippen LogP contribution in [0.4, 0.5) is 0 Å². The van der Waals surface area contributed by atoms with Gasteiger partial charge in [-0.25, -0.2) is 0 Å². The number of hydrogen-bond acceptors (Lipinski definition) is 3. The first-order chi connectivity index (χ1) is 11.6. The van der Waals surface area contributed by atoms with Crippen LogP contribution in [0.5, 0.6) is 11.5 Å². The number of nitrogens with zero attached hydrogens (tertiary/aromatic N) is 1. The minimum atomic E-state index is 0.140. The third kappa shape index (κ3) is 4.11. The fourth-order valence-corrected chi connectivity index (χ4v) is 2.73. The molecule has 0 bridgehead atoms. The van der Waals surface area contributed by atoms with Crippen LogP contribution in [0.1, 0.15) is 11.1 Å². The predicted octanol–water partition coefficient (Wildman–Crippen LogP) is 5.19. The molecule has 0 aliphatic carbocycles. The minimum absolute atomic E-state index is 0.140. The summed E-state index contributed by atoms with van der Waals surface area (Å²) in [6.07, 6.45) is 6.95. The van der Waals surface area contributed by atoms with Crippen molar-refractivity contribution in [1.29, 1.82) is 5.26 Å². The molecule has 0 saturated carbocycles. The van der Waals surface area contributed by atoms with Gasteiger partial charge in [0.1, 0.15) is 6.61 Å². The average molecular weight is 403 g/mol. The minimum Gasteiger partial charge on any atom is -0.493 e. The van der Waals surface area contributed by atoms with Crippen molar-refractivity contribution in [2.45, 2.75) is 0 Å². The number of halogens is 2. The van der Waals surface area contributed by atoms with Gasteiger partial charge >= 0.3 is 0 Å². The molecular formula is C19H13BrClNO2. The van der Waals surface area contributed by atoms with Gasteiger partial charge in [-0.2, -0.15) is 5.26 Å². The van der Waals surface area contributed by atoms with Gasteiger partial charge in [-0.3, -0.25) is 0 Å². The molecule has 0 amide bonds. The molecule has 0 aromatic heterocycles. The molecule has 24 heavy (non-hydrogen) atoms. The van der Waals surface area contributed by atoms with E-state index < -0.39 is 0 Å². The highest BCUT2D eigenvalue weighted by Crippen LogP contribution is 2.36. The van der Waals surface area contributed by atoms with Gasteiger partial charge in [0.05, 0.1) is 18.8 Å². The highest BCUT2D eigenvalue weighted by atomic mass is 79.9. The van der Waals surface area contributed by atoms with Crippen LogP contribution in [0.3, 0.4) is 0 Å². The van der Waals surface area contributed by atoms with E-state index in [1.807, 2.05) is 12.1 Å². The number of ether oxygens (including phenoxy) is 2. The van der Waals surface area contributed by atoms with Crippen molar-refractivity contribution in [3.8, 4) is 29.9 Å². The fraction of sp³-hybridized carbons (Fsp3) is 0.105. The van der Waals surface area contributed by atoms with Gasteiger partial charge in [0.25, 0.3) is 0 Å². The summed E-state index contributed by atoms with van der Waals surface area (Å²) in [6, 6.07) is 12.9. The number of terminal acetylenes is 1. The van der Waals surface area contributed by atoms with Crippen LogP contribution in [0.2, 0.25) is 5.02 Å². The van der Waals surface area contributed by atoms with Crippen molar-refractivity contribution >= 4 is 39.2 Å². The van der Waals surface area contributed by atoms with Crippen LogP contribution in [0.25, 0.3) is 11.6 Å². The van der Waals surface area contributed by atoms with Crippen molar-refractivity contribution in [2.75, 3.05) is 13.7 Å². The molecule has 2 aromatic rings. The number of nitriles is 1. The third-order valence-electron chi connectivity index (χ3n) is 3.18. The van der Waals surface area contributed by atoms with E-state index in [1.165, 1.54) is 0 Å². The summed E-state index contributed by atoms with van der Waals surface area (Å²) in [5.74, 6) is 3.46. The van der Waals surface area contributed by atoms with E-state index in [4.69, 9.17) is 27.5 Å². The lowest BCUT2D eigenvalue weighted by atomic mass is 10.0. The van der Waals surface area contributed by atoms with Crippen molar-refractivity contribution in [3.63, 3.8) is 0 Å². The van der Waals surface area contributed by atoms with E-state index >= 15 is 0 Å². The number of rotatable bonds is 5. The smallest absolute Gasteiger partial charge is 0.163 e. The van der Waals surface area contributed by atoms with Gasteiger partial charge in [0.2, 0.25) is 0 Å². The van der Waals surface area contributed by atoms with E-state index in [0.717, 1.165) is 10.0 Å². The lowest BCUT2D eigenvalue weighted by Crippen LogP contribution is -1.97. The Morgan fingerprint density at radius 2 is 2.08 bits per heavy atom. The maximum atomic E-state index is 9.48. The lowest BCUT2D eigenvalue weighted by molar-refractivity contribution is 0.330. The van der Waals surface area contributed by atoms with E-state index in [2.05, 4.69) is 27.9 Å². The fourth-order valence-electron chi connectivity index (χ4n) is 2.06. The summed E-state index contributed by atoms with van der Waals surface area (Å²) < 4.78 is 11.5. The van der Waals surface area contributed by atoms with Crippen LogP contribution < -0.4 is 9.47 Å². The first kappa shape index (κ1) is 17.9. The molecule has 0 saturated heterocycles. The molecule has 2 aromatic carbocycles. The molecule has 0 atom stereocenters. The quantitative estimate of drug-likeness (QED) is 0.393. The average Bonchev–Trinajstić information content (AvgIpc) is 2.59. The van der Waals surface area contributed by atoms with Crippen LogP contribution >= 0.6 is 27.5 Å². The third-order valence-corrected chi connectivity index (χ3v) is 4.19. The second-order valence-electron chi connectivity index (χ2n) is 4.67. The number of hydrogen-bond donors (Lipinski definition) is 0. The standard InChI is InChI=1S/C19H13BrClNO2/c1-3-8-24-19-11-16(20)13(10-18(19)23-2)9-14(12-22)15-6-4-5-7-17(15)21/h1,4-7,9-11H,8H2,2H3. The van der Waals surface area contributed by atoms with Gasteiger partial charge in [-0.15, -0.1) is 6.42 Å². The largest absolute Gasteiger partial charge is 0.493 e. The van der Waals surface area contributed by atoms with Crippen molar-refractivity contribution < 1.29 is 9.47 Å². The van der Waals surface area contributed by atoms with Gasteiger partial charge in [-0.05, 0) is 29.8 Å². The Morgan fingerprint density at radius 3 is 2.71 bits per heavy atom. The zero-order valence-electron chi connectivity index (χ0n) is 12.8. The SMILES string of the molecule is C#CCOc1cc(Br)c(C=C(C#N)c2ccccc2Cl)cc1OC. The summed E-state index contributed by atoms with van der Waals surface area (Å²) in [4.78, 5) is 0. The summed E-state index contributed by atoms with van der Waals surface area (Å²) in [5.41, 5.74) is 1.87. The van der Waals surface area contributed by atoms with Gasteiger partial charge in [0, 0.05) is 15.1 Å². The van der Waals surface area contributed by atoms with E-state index in [1.54, 1.807) is 37.5 Å². The van der Waals surface area contributed by atoms with Gasteiger partial charge in [-0.1, -0.05) is 51.7 Å². The Balaban J connectivity index is 2.50. The lowest BCUT2D eigenvalue weighted by Gasteiger charge is -2.11. The van der Waals surface area contributed by atoms with Gasteiger partial charge < -0.3 is 9.47 Å². The molecule has 0 heterocycles.